The van der Waals surface area contributed by atoms with Crippen LogP contribution in [0.2, 0.25) is 0 Å². The zero-order valence-corrected chi connectivity index (χ0v) is 8.29. The third kappa shape index (κ3) is 2.14. The van der Waals surface area contributed by atoms with Crippen molar-refractivity contribution in [1.82, 2.24) is 0 Å². The lowest BCUT2D eigenvalue weighted by Gasteiger charge is -2.15. The van der Waals surface area contributed by atoms with Gasteiger partial charge in [-0.25, -0.2) is 0 Å². The molecule has 0 saturated carbocycles. The van der Waals surface area contributed by atoms with Crippen molar-refractivity contribution in [1.29, 1.82) is 0 Å². The van der Waals surface area contributed by atoms with Crippen LogP contribution in [0.1, 0.15) is 27.7 Å². The highest BCUT2D eigenvalue weighted by Crippen LogP contribution is 2.28. The van der Waals surface area contributed by atoms with Gasteiger partial charge in [0.2, 0.25) is 0 Å². The SMILES string of the molecule is CC(=O)C1OC(C)(C)O[C@H]1C(C)=O. The van der Waals surface area contributed by atoms with Crippen LogP contribution in [0.4, 0.5) is 0 Å². The van der Waals surface area contributed by atoms with E-state index in [0.717, 1.165) is 0 Å². The molecule has 13 heavy (non-hydrogen) atoms. The first-order chi connectivity index (χ1) is 5.83. The molecule has 1 saturated heterocycles. The smallest absolute Gasteiger partial charge is 0.165 e. The molecule has 0 radical (unpaired) electrons. The van der Waals surface area contributed by atoms with Gasteiger partial charge in [-0.15, -0.1) is 0 Å². The Morgan fingerprint density at radius 1 is 1.00 bits per heavy atom. The third-order valence-corrected chi connectivity index (χ3v) is 1.90. The second-order valence-electron chi connectivity index (χ2n) is 3.70. The molecule has 1 aliphatic rings. The van der Waals surface area contributed by atoms with Gasteiger partial charge in [0.15, 0.2) is 29.6 Å². The number of Topliss-reactive ketones (excluding diaryl/α,β-unsaturated/α-hetero) is 2. The van der Waals surface area contributed by atoms with Crippen molar-refractivity contribution in [2.75, 3.05) is 0 Å². The van der Waals surface area contributed by atoms with Crippen LogP contribution >= 0.6 is 0 Å². The topological polar surface area (TPSA) is 52.6 Å². The quantitative estimate of drug-likeness (QED) is 0.636. The Morgan fingerprint density at radius 2 is 1.31 bits per heavy atom. The predicted octanol–water partition coefficient (Wildman–Crippen LogP) is 0.684. The number of ketones is 2. The summed E-state index contributed by atoms with van der Waals surface area (Å²) >= 11 is 0. The summed E-state index contributed by atoms with van der Waals surface area (Å²) in [5.41, 5.74) is 0. The molecular weight excluding hydrogens is 172 g/mol. The first-order valence-corrected chi connectivity index (χ1v) is 4.20. The van der Waals surface area contributed by atoms with Gasteiger partial charge in [0, 0.05) is 0 Å². The van der Waals surface area contributed by atoms with Gasteiger partial charge >= 0.3 is 0 Å². The maximum Gasteiger partial charge on any atom is 0.165 e. The highest BCUT2D eigenvalue weighted by atomic mass is 16.8. The lowest BCUT2D eigenvalue weighted by atomic mass is 10.1. The molecule has 1 heterocycles. The lowest BCUT2D eigenvalue weighted by Crippen LogP contribution is -2.34. The predicted molar refractivity (Wildman–Crippen MR) is 45.2 cm³/mol. The molecule has 0 N–H and O–H groups in total. The van der Waals surface area contributed by atoms with E-state index in [-0.39, 0.29) is 11.6 Å². The molecule has 2 atom stereocenters. The van der Waals surface area contributed by atoms with Crippen LogP contribution in [0.25, 0.3) is 0 Å². The molecule has 74 valence electrons. The molecule has 0 aromatic rings. The summed E-state index contributed by atoms with van der Waals surface area (Å²) in [5, 5.41) is 0. The van der Waals surface area contributed by atoms with E-state index in [4.69, 9.17) is 9.47 Å². The molecule has 0 aromatic carbocycles. The normalized spacial score (nSPS) is 31.7. The Hall–Kier alpha value is -0.740. The summed E-state index contributed by atoms with van der Waals surface area (Å²) in [6.07, 6.45) is -1.49. The van der Waals surface area contributed by atoms with E-state index in [1.54, 1.807) is 13.8 Å². The monoisotopic (exact) mass is 186 g/mol. The number of carbonyl (C=O) groups is 2. The van der Waals surface area contributed by atoms with Crippen molar-refractivity contribution >= 4 is 11.6 Å². The molecule has 1 rings (SSSR count). The highest BCUT2D eigenvalue weighted by Gasteiger charge is 2.45. The average Bonchev–Trinajstić information content (AvgIpc) is 2.26. The van der Waals surface area contributed by atoms with Crippen LogP contribution in [-0.4, -0.2) is 29.6 Å². The van der Waals surface area contributed by atoms with Crippen LogP contribution in [-0.2, 0) is 19.1 Å². The Kier molecular flexibility index (Phi) is 2.54. The Labute approximate surface area is 77.2 Å². The van der Waals surface area contributed by atoms with Gasteiger partial charge in [0.1, 0.15) is 0 Å². The van der Waals surface area contributed by atoms with Crippen molar-refractivity contribution in [3.05, 3.63) is 0 Å². The fourth-order valence-corrected chi connectivity index (χ4v) is 1.36. The Balaban J connectivity index is 2.83. The highest BCUT2D eigenvalue weighted by molar-refractivity contribution is 5.91. The van der Waals surface area contributed by atoms with E-state index in [2.05, 4.69) is 0 Å². The number of hydrogen-bond donors (Lipinski definition) is 0. The van der Waals surface area contributed by atoms with Crippen LogP contribution in [0.3, 0.4) is 0 Å². The molecule has 1 aliphatic heterocycles. The maximum atomic E-state index is 11.1. The first-order valence-electron chi connectivity index (χ1n) is 4.20. The van der Waals surface area contributed by atoms with Crippen LogP contribution < -0.4 is 0 Å². The Bertz CT molecular complexity index is 220. The van der Waals surface area contributed by atoms with Crippen molar-refractivity contribution in [2.24, 2.45) is 0 Å². The van der Waals surface area contributed by atoms with E-state index < -0.39 is 18.0 Å². The summed E-state index contributed by atoms with van der Waals surface area (Å²) in [5.74, 6) is -1.19. The third-order valence-electron chi connectivity index (χ3n) is 1.90. The number of rotatable bonds is 2. The van der Waals surface area contributed by atoms with E-state index in [0.29, 0.717) is 0 Å². The summed E-state index contributed by atoms with van der Waals surface area (Å²) < 4.78 is 10.6. The van der Waals surface area contributed by atoms with Crippen molar-refractivity contribution in [3.8, 4) is 0 Å². The largest absolute Gasteiger partial charge is 0.336 e. The van der Waals surface area contributed by atoms with Gasteiger partial charge in [-0.3, -0.25) is 9.59 Å². The van der Waals surface area contributed by atoms with Gasteiger partial charge in [-0.1, -0.05) is 0 Å². The van der Waals surface area contributed by atoms with Crippen molar-refractivity contribution in [3.63, 3.8) is 0 Å². The molecule has 0 spiro atoms. The molecule has 4 heteroatoms. The van der Waals surface area contributed by atoms with E-state index in [9.17, 15) is 9.59 Å². The van der Waals surface area contributed by atoms with Gasteiger partial charge in [-0.2, -0.15) is 0 Å². The minimum absolute atomic E-state index is 0.175. The van der Waals surface area contributed by atoms with Gasteiger partial charge in [-0.05, 0) is 27.7 Å². The van der Waals surface area contributed by atoms with Gasteiger partial charge in [0.25, 0.3) is 0 Å². The molecule has 0 bridgehead atoms. The fraction of sp³-hybridized carbons (Fsp3) is 0.778. The molecule has 1 fully saturated rings. The minimum Gasteiger partial charge on any atom is -0.336 e. The molecule has 0 aromatic heterocycles. The summed E-state index contributed by atoms with van der Waals surface area (Å²) in [6.45, 7) is 6.16. The van der Waals surface area contributed by atoms with Gasteiger partial charge < -0.3 is 9.47 Å². The minimum atomic E-state index is -0.841. The molecule has 1 unspecified atom stereocenters. The fourth-order valence-electron chi connectivity index (χ4n) is 1.36. The number of ether oxygens (including phenoxy) is 2. The first kappa shape index (κ1) is 10.3. The second-order valence-corrected chi connectivity index (χ2v) is 3.70. The average molecular weight is 186 g/mol. The van der Waals surface area contributed by atoms with Crippen molar-refractivity contribution < 1.29 is 19.1 Å². The molecule has 0 aliphatic carbocycles. The molecule has 4 nitrogen and oxygen atoms in total. The van der Waals surface area contributed by atoms with Crippen LogP contribution in [0.15, 0.2) is 0 Å². The Morgan fingerprint density at radius 3 is 1.54 bits per heavy atom. The number of hydrogen-bond acceptors (Lipinski definition) is 4. The zero-order chi connectivity index (χ0) is 10.2. The molecule has 0 amide bonds. The second kappa shape index (κ2) is 3.20. The maximum absolute atomic E-state index is 11.1. The van der Waals surface area contributed by atoms with E-state index in [1.807, 2.05) is 0 Å². The van der Waals surface area contributed by atoms with Gasteiger partial charge in [0.05, 0.1) is 0 Å². The standard InChI is InChI=1S/C9H14O4/c1-5(10)7-8(6(2)11)13-9(3,4)12-7/h7-8H,1-4H3/t7-,8?/m0/s1. The van der Waals surface area contributed by atoms with Crippen LogP contribution in [0, 0.1) is 0 Å². The summed E-state index contributed by atoms with van der Waals surface area (Å²) in [6, 6.07) is 0. The number of carbonyl (C=O) groups excluding carboxylic acids is 2. The van der Waals surface area contributed by atoms with Crippen LogP contribution in [0.5, 0.6) is 0 Å². The van der Waals surface area contributed by atoms with E-state index in [1.165, 1.54) is 13.8 Å². The summed E-state index contributed by atoms with van der Waals surface area (Å²) in [4.78, 5) is 22.2. The zero-order valence-electron chi connectivity index (χ0n) is 8.29. The molecular formula is C9H14O4. The van der Waals surface area contributed by atoms with Crippen molar-refractivity contribution in [2.45, 2.75) is 45.7 Å². The lowest BCUT2D eigenvalue weighted by molar-refractivity contribution is -0.157. The summed E-state index contributed by atoms with van der Waals surface area (Å²) in [7, 11) is 0. The van der Waals surface area contributed by atoms with E-state index >= 15 is 0 Å².